The quantitative estimate of drug-likeness (QED) is 0.578. The van der Waals surface area contributed by atoms with E-state index in [2.05, 4.69) is 6.92 Å². The summed E-state index contributed by atoms with van der Waals surface area (Å²) in [5.74, 6) is -2.03. The van der Waals surface area contributed by atoms with Gasteiger partial charge >= 0.3 is 5.92 Å². The van der Waals surface area contributed by atoms with Crippen LogP contribution in [0.1, 0.15) is 75.3 Å². The van der Waals surface area contributed by atoms with Gasteiger partial charge in [-0.3, -0.25) is 0 Å². The van der Waals surface area contributed by atoms with Gasteiger partial charge in [0.25, 0.3) is 0 Å². The van der Waals surface area contributed by atoms with Crippen molar-refractivity contribution in [3.05, 3.63) is 35.4 Å². The lowest BCUT2D eigenvalue weighted by molar-refractivity contribution is 0.0612. The number of benzene rings is 1. The summed E-state index contributed by atoms with van der Waals surface area (Å²) in [5, 5.41) is 8.48. The first-order valence-electron chi connectivity index (χ1n) is 8.46. The fraction of sp³-hybridized carbons (Fsp3) is 0.632. The molecule has 0 aromatic heterocycles. The Balaban J connectivity index is 1.88. The standard InChI is InChI=1S/C19H25F2N/c1-2-3-4-5-15-6-8-16(9-7-15)17-10-12-18(13-11-17)19(20,21)14-22/h10-13,15-16H,2-9H2,1H3. The van der Waals surface area contributed by atoms with E-state index in [1.165, 1.54) is 50.7 Å². The van der Waals surface area contributed by atoms with Gasteiger partial charge in [-0.1, -0.05) is 56.9 Å². The maximum atomic E-state index is 13.3. The van der Waals surface area contributed by atoms with Crippen LogP contribution in [0.25, 0.3) is 0 Å². The summed E-state index contributed by atoms with van der Waals surface area (Å²) in [7, 11) is 0. The number of alkyl halides is 2. The minimum absolute atomic E-state index is 0.202. The van der Waals surface area contributed by atoms with Gasteiger partial charge < -0.3 is 0 Å². The Morgan fingerprint density at radius 1 is 1.09 bits per heavy atom. The second-order valence-electron chi connectivity index (χ2n) is 6.52. The average Bonchev–Trinajstić information content (AvgIpc) is 2.56. The van der Waals surface area contributed by atoms with E-state index in [9.17, 15) is 8.78 Å². The monoisotopic (exact) mass is 305 g/mol. The summed E-state index contributed by atoms with van der Waals surface area (Å²) < 4.78 is 26.6. The summed E-state index contributed by atoms with van der Waals surface area (Å²) in [6.07, 6.45) is 10.1. The van der Waals surface area contributed by atoms with E-state index in [1.54, 1.807) is 12.1 Å². The lowest BCUT2D eigenvalue weighted by Crippen LogP contribution is -2.14. The third-order valence-electron chi connectivity index (χ3n) is 4.95. The third-order valence-corrected chi connectivity index (χ3v) is 4.95. The van der Waals surface area contributed by atoms with E-state index in [-0.39, 0.29) is 5.56 Å². The normalized spacial score (nSPS) is 22.3. The third kappa shape index (κ3) is 4.29. The van der Waals surface area contributed by atoms with Crippen molar-refractivity contribution in [2.24, 2.45) is 5.92 Å². The molecule has 3 heteroatoms. The van der Waals surface area contributed by atoms with Crippen molar-refractivity contribution < 1.29 is 8.78 Å². The molecule has 1 aliphatic rings. The highest BCUT2D eigenvalue weighted by Gasteiger charge is 2.31. The molecule has 22 heavy (non-hydrogen) atoms. The molecule has 0 atom stereocenters. The van der Waals surface area contributed by atoms with Crippen LogP contribution in [0.4, 0.5) is 8.78 Å². The molecule has 1 fully saturated rings. The van der Waals surface area contributed by atoms with E-state index >= 15 is 0 Å². The Kier molecular flexibility index (Phi) is 5.94. The van der Waals surface area contributed by atoms with E-state index < -0.39 is 5.92 Å². The van der Waals surface area contributed by atoms with Crippen molar-refractivity contribution in [1.82, 2.24) is 0 Å². The van der Waals surface area contributed by atoms with Gasteiger partial charge in [0.2, 0.25) is 0 Å². The Morgan fingerprint density at radius 2 is 1.73 bits per heavy atom. The zero-order valence-corrected chi connectivity index (χ0v) is 13.3. The summed E-state index contributed by atoms with van der Waals surface area (Å²) in [5.41, 5.74) is 0.941. The van der Waals surface area contributed by atoms with Crippen LogP contribution in [0.15, 0.2) is 24.3 Å². The van der Waals surface area contributed by atoms with Crippen molar-refractivity contribution in [3.8, 4) is 6.07 Å². The van der Waals surface area contributed by atoms with Gasteiger partial charge in [0.1, 0.15) is 6.07 Å². The molecule has 1 nitrogen and oxygen atoms in total. The van der Waals surface area contributed by atoms with Crippen LogP contribution in [-0.4, -0.2) is 0 Å². The molecule has 0 unspecified atom stereocenters. The van der Waals surface area contributed by atoms with Gasteiger partial charge in [-0.25, -0.2) is 0 Å². The molecule has 0 radical (unpaired) electrons. The molecule has 2 rings (SSSR count). The SMILES string of the molecule is CCCCCC1CCC(c2ccc(C(F)(F)C#N)cc2)CC1. The molecule has 0 bridgehead atoms. The van der Waals surface area contributed by atoms with E-state index in [0.717, 1.165) is 30.4 Å². The van der Waals surface area contributed by atoms with Crippen LogP contribution in [0.5, 0.6) is 0 Å². The summed E-state index contributed by atoms with van der Waals surface area (Å²) >= 11 is 0. The highest BCUT2D eigenvalue weighted by molar-refractivity contribution is 5.31. The molecule has 0 spiro atoms. The molecule has 0 saturated heterocycles. The highest BCUT2D eigenvalue weighted by atomic mass is 19.3. The molecule has 1 aromatic carbocycles. The number of nitrogens with zero attached hydrogens (tertiary/aromatic N) is 1. The zero-order chi connectivity index (χ0) is 16.0. The number of rotatable bonds is 6. The second kappa shape index (κ2) is 7.72. The molecule has 1 saturated carbocycles. The molecule has 0 heterocycles. The Bertz CT molecular complexity index is 493. The van der Waals surface area contributed by atoms with Crippen LogP contribution in [0.2, 0.25) is 0 Å². The van der Waals surface area contributed by atoms with Crippen molar-refractivity contribution in [3.63, 3.8) is 0 Å². The van der Waals surface area contributed by atoms with Crippen LogP contribution in [0, 0.1) is 17.2 Å². The second-order valence-corrected chi connectivity index (χ2v) is 6.52. The molecule has 0 N–H and O–H groups in total. The number of hydrogen-bond acceptors (Lipinski definition) is 1. The molecule has 0 amide bonds. The molecule has 1 aromatic rings. The first-order valence-corrected chi connectivity index (χ1v) is 8.46. The number of nitriles is 1. The Morgan fingerprint density at radius 3 is 2.27 bits per heavy atom. The lowest BCUT2D eigenvalue weighted by Gasteiger charge is -2.29. The zero-order valence-electron chi connectivity index (χ0n) is 13.3. The van der Waals surface area contributed by atoms with Crippen LogP contribution < -0.4 is 0 Å². The van der Waals surface area contributed by atoms with Gasteiger partial charge in [0, 0.05) is 5.56 Å². The fourth-order valence-corrected chi connectivity index (χ4v) is 3.50. The van der Waals surface area contributed by atoms with Crippen LogP contribution >= 0.6 is 0 Å². The number of hydrogen-bond donors (Lipinski definition) is 0. The van der Waals surface area contributed by atoms with Crippen molar-refractivity contribution in [1.29, 1.82) is 5.26 Å². The average molecular weight is 305 g/mol. The predicted molar refractivity (Wildman–Crippen MR) is 84.8 cm³/mol. The predicted octanol–water partition coefficient (Wildman–Crippen LogP) is 6.16. The topological polar surface area (TPSA) is 23.8 Å². The first kappa shape index (κ1) is 16.9. The number of halogens is 2. The minimum Gasteiger partial charge on any atom is -0.191 e. The molecule has 1 aliphatic carbocycles. The first-order chi connectivity index (χ1) is 10.6. The van der Waals surface area contributed by atoms with E-state index in [4.69, 9.17) is 5.26 Å². The molecule has 0 aliphatic heterocycles. The van der Waals surface area contributed by atoms with E-state index in [1.807, 2.05) is 0 Å². The smallest absolute Gasteiger partial charge is 0.191 e. The molecular formula is C19H25F2N. The van der Waals surface area contributed by atoms with Gasteiger partial charge in [0.05, 0.1) is 0 Å². The van der Waals surface area contributed by atoms with Crippen LogP contribution in [-0.2, 0) is 5.92 Å². The van der Waals surface area contributed by atoms with Gasteiger partial charge in [0.15, 0.2) is 0 Å². The molecular weight excluding hydrogens is 280 g/mol. The lowest BCUT2D eigenvalue weighted by atomic mass is 9.77. The largest absolute Gasteiger partial charge is 0.357 e. The maximum absolute atomic E-state index is 13.3. The van der Waals surface area contributed by atoms with E-state index in [0.29, 0.717) is 5.92 Å². The minimum atomic E-state index is -3.38. The van der Waals surface area contributed by atoms with Gasteiger partial charge in [-0.15, -0.1) is 0 Å². The fourth-order valence-electron chi connectivity index (χ4n) is 3.50. The Hall–Kier alpha value is -1.43. The highest BCUT2D eigenvalue weighted by Crippen LogP contribution is 2.38. The van der Waals surface area contributed by atoms with Gasteiger partial charge in [-0.05, 0) is 43.1 Å². The maximum Gasteiger partial charge on any atom is 0.357 e. The van der Waals surface area contributed by atoms with Crippen molar-refractivity contribution in [2.45, 2.75) is 70.1 Å². The summed E-state index contributed by atoms with van der Waals surface area (Å²) in [4.78, 5) is 0. The van der Waals surface area contributed by atoms with Crippen molar-refractivity contribution >= 4 is 0 Å². The Labute approximate surface area is 132 Å². The number of unbranched alkanes of at least 4 members (excludes halogenated alkanes) is 2. The molecule has 120 valence electrons. The summed E-state index contributed by atoms with van der Waals surface area (Å²) in [6, 6.07) is 7.43. The summed E-state index contributed by atoms with van der Waals surface area (Å²) in [6.45, 7) is 2.23. The van der Waals surface area contributed by atoms with Crippen LogP contribution in [0.3, 0.4) is 0 Å². The van der Waals surface area contributed by atoms with Gasteiger partial charge in [-0.2, -0.15) is 14.0 Å². The van der Waals surface area contributed by atoms with Crippen molar-refractivity contribution in [2.75, 3.05) is 0 Å².